The van der Waals surface area contributed by atoms with Gasteiger partial charge in [-0.3, -0.25) is 9.59 Å². The fourth-order valence-electron chi connectivity index (χ4n) is 2.53. The van der Waals surface area contributed by atoms with Crippen molar-refractivity contribution in [2.24, 2.45) is 0 Å². The second kappa shape index (κ2) is 7.11. The third-order valence-corrected chi connectivity index (χ3v) is 3.80. The highest BCUT2D eigenvalue weighted by molar-refractivity contribution is 6.02. The molecule has 0 saturated carbocycles. The molecule has 1 aliphatic rings. The van der Waals surface area contributed by atoms with Gasteiger partial charge in [0.1, 0.15) is 0 Å². The highest BCUT2D eigenvalue weighted by Gasteiger charge is 2.21. The Morgan fingerprint density at radius 1 is 1.22 bits per heavy atom. The van der Waals surface area contributed by atoms with Crippen molar-refractivity contribution in [3.8, 4) is 0 Å². The van der Waals surface area contributed by atoms with Crippen molar-refractivity contribution in [1.82, 2.24) is 10.6 Å². The third kappa shape index (κ3) is 3.98. The lowest BCUT2D eigenvalue weighted by molar-refractivity contribution is -0.122. The highest BCUT2D eigenvalue weighted by Crippen LogP contribution is 2.12. The SMILES string of the molecule is O=C(Nc1ccc(CNC(=O)[C@@H]2CCCN2)cc1)c1ccco1. The fourth-order valence-corrected chi connectivity index (χ4v) is 2.53. The van der Waals surface area contributed by atoms with Crippen LogP contribution in [0.25, 0.3) is 0 Å². The predicted molar refractivity (Wildman–Crippen MR) is 86.0 cm³/mol. The van der Waals surface area contributed by atoms with Crippen molar-refractivity contribution in [3.63, 3.8) is 0 Å². The molecular weight excluding hydrogens is 294 g/mol. The quantitative estimate of drug-likeness (QED) is 0.787. The highest BCUT2D eigenvalue weighted by atomic mass is 16.3. The van der Waals surface area contributed by atoms with Gasteiger partial charge in [-0.2, -0.15) is 0 Å². The maximum absolute atomic E-state index is 11.9. The van der Waals surface area contributed by atoms with Crippen molar-refractivity contribution in [2.75, 3.05) is 11.9 Å². The van der Waals surface area contributed by atoms with Gasteiger partial charge in [0.25, 0.3) is 5.91 Å². The average molecular weight is 313 g/mol. The topological polar surface area (TPSA) is 83.4 Å². The van der Waals surface area contributed by atoms with Gasteiger partial charge in [0.05, 0.1) is 12.3 Å². The largest absolute Gasteiger partial charge is 0.459 e. The van der Waals surface area contributed by atoms with Crippen LogP contribution in [0.3, 0.4) is 0 Å². The number of amides is 2. The molecule has 1 fully saturated rings. The molecule has 3 rings (SSSR count). The Morgan fingerprint density at radius 3 is 2.70 bits per heavy atom. The van der Waals surface area contributed by atoms with E-state index in [1.54, 1.807) is 24.3 Å². The molecule has 6 heteroatoms. The molecule has 0 radical (unpaired) electrons. The zero-order valence-electron chi connectivity index (χ0n) is 12.7. The van der Waals surface area contributed by atoms with Gasteiger partial charge in [-0.1, -0.05) is 12.1 Å². The van der Waals surface area contributed by atoms with Crippen LogP contribution >= 0.6 is 0 Å². The minimum Gasteiger partial charge on any atom is -0.459 e. The smallest absolute Gasteiger partial charge is 0.291 e. The molecule has 1 aromatic heterocycles. The molecular formula is C17H19N3O3. The van der Waals surface area contributed by atoms with Crippen LogP contribution in [0, 0.1) is 0 Å². The Bertz CT molecular complexity index is 659. The van der Waals surface area contributed by atoms with Gasteiger partial charge in [-0.05, 0) is 49.2 Å². The molecule has 120 valence electrons. The van der Waals surface area contributed by atoms with E-state index in [4.69, 9.17) is 4.42 Å². The number of hydrogen-bond acceptors (Lipinski definition) is 4. The Labute approximate surface area is 134 Å². The first-order chi connectivity index (χ1) is 11.2. The Balaban J connectivity index is 1.50. The summed E-state index contributed by atoms with van der Waals surface area (Å²) < 4.78 is 5.04. The molecule has 2 amide bonds. The van der Waals surface area contributed by atoms with E-state index in [0.717, 1.165) is 24.9 Å². The minimum absolute atomic E-state index is 0.0395. The third-order valence-electron chi connectivity index (χ3n) is 3.80. The van der Waals surface area contributed by atoms with Crippen molar-refractivity contribution in [2.45, 2.75) is 25.4 Å². The van der Waals surface area contributed by atoms with Crippen LogP contribution in [0.1, 0.15) is 29.0 Å². The summed E-state index contributed by atoms with van der Waals surface area (Å²) in [6, 6.07) is 10.6. The summed E-state index contributed by atoms with van der Waals surface area (Å²) in [4.78, 5) is 23.8. The van der Waals surface area contributed by atoms with E-state index in [9.17, 15) is 9.59 Å². The van der Waals surface area contributed by atoms with E-state index in [1.165, 1.54) is 6.26 Å². The molecule has 1 saturated heterocycles. The van der Waals surface area contributed by atoms with Gasteiger partial charge < -0.3 is 20.4 Å². The van der Waals surface area contributed by atoms with Gasteiger partial charge in [0, 0.05) is 12.2 Å². The Kier molecular flexibility index (Phi) is 4.73. The zero-order valence-corrected chi connectivity index (χ0v) is 12.7. The molecule has 0 unspecified atom stereocenters. The summed E-state index contributed by atoms with van der Waals surface area (Å²) in [5.74, 6) is 0.0199. The van der Waals surface area contributed by atoms with Crippen molar-refractivity contribution < 1.29 is 14.0 Å². The second-order valence-corrected chi connectivity index (χ2v) is 5.50. The van der Waals surface area contributed by atoms with Gasteiger partial charge in [0.2, 0.25) is 5.91 Å². The first-order valence-corrected chi connectivity index (χ1v) is 7.67. The van der Waals surface area contributed by atoms with Crippen LogP contribution in [0.2, 0.25) is 0 Å². The maximum atomic E-state index is 11.9. The summed E-state index contributed by atoms with van der Waals surface area (Å²) >= 11 is 0. The fraction of sp³-hybridized carbons (Fsp3) is 0.294. The second-order valence-electron chi connectivity index (χ2n) is 5.50. The van der Waals surface area contributed by atoms with Crippen LogP contribution in [-0.2, 0) is 11.3 Å². The van der Waals surface area contributed by atoms with Gasteiger partial charge >= 0.3 is 0 Å². The van der Waals surface area contributed by atoms with Crippen LogP contribution in [0.4, 0.5) is 5.69 Å². The number of nitrogens with one attached hydrogen (secondary N) is 3. The first kappa shape index (κ1) is 15.3. The molecule has 0 bridgehead atoms. The van der Waals surface area contributed by atoms with Crippen molar-refractivity contribution in [3.05, 3.63) is 54.0 Å². The minimum atomic E-state index is -0.289. The number of anilines is 1. The van der Waals surface area contributed by atoms with Crippen LogP contribution in [0.15, 0.2) is 47.1 Å². The lowest BCUT2D eigenvalue weighted by atomic mass is 10.2. The lowest BCUT2D eigenvalue weighted by Gasteiger charge is -2.11. The molecule has 3 N–H and O–H groups in total. The maximum Gasteiger partial charge on any atom is 0.291 e. The zero-order chi connectivity index (χ0) is 16.1. The molecule has 1 atom stereocenters. The van der Waals surface area contributed by atoms with Crippen LogP contribution in [-0.4, -0.2) is 24.4 Å². The monoisotopic (exact) mass is 313 g/mol. The number of carbonyl (C=O) groups excluding carboxylic acids is 2. The number of hydrogen-bond donors (Lipinski definition) is 3. The van der Waals surface area contributed by atoms with E-state index in [-0.39, 0.29) is 23.6 Å². The number of furan rings is 1. The van der Waals surface area contributed by atoms with Crippen molar-refractivity contribution >= 4 is 17.5 Å². The Hall–Kier alpha value is -2.60. The molecule has 0 aliphatic carbocycles. The lowest BCUT2D eigenvalue weighted by Crippen LogP contribution is -2.39. The molecule has 1 aliphatic heterocycles. The van der Waals surface area contributed by atoms with E-state index in [2.05, 4.69) is 16.0 Å². The van der Waals surface area contributed by atoms with Gasteiger partial charge in [-0.15, -0.1) is 0 Å². The molecule has 2 heterocycles. The summed E-state index contributed by atoms with van der Waals surface area (Å²) in [5, 5.41) is 8.84. The summed E-state index contributed by atoms with van der Waals surface area (Å²) in [6.07, 6.45) is 3.39. The van der Waals surface area contributed by atoms with Crippen LogP contribution in [0.5, 0.6) is 0 Å². The molecule has 6 nitrogen and oxygen atoms in total. The number of carbonyl (C=O) groups is 2. The van der Waals surface area contributed by atoms with E-state index in [0.29, 0.717) is 12.2 Å². The van der Waals surface area contributed by atoms with Gasteiger partial charge in [-0.25, -0.2) is 0 Å². The Morgan fingerprint density at radius 2 is 2.04 bits per heavy atom. The normalized spacial score (nSPS) is 17.0. The number of benzene rings is 1. The van der Waals surface area contributed by atoms with E-state index < -0.39 is 0 Å². The van der Waals surface area contributed by atoms with Gasteiger partial charge in [0.15, 0.2) is 5.76 Å². The van der Waals surface area contributed by atoms with E-state index >= 15 is 0 Å². The first-order valence-electron chi connectivity index (χ1n) is 7.67. The molecule has 1 aromatic carbocycles. The summed E-state index contributed by atoms with van der Waals surface area (Å²) in [5.41, 5.74) is 1.66. The number of rotatable bonds is 5. The van der Waals surface area contributed by atoms with E-state index in [1.807, 2.05) is 12.1 Å². The summed E-state index contributed by atoms with van der Waals surface area (Å²) in [6.45, 7) is 1.38. The van der Waals surface area contributed by atoms with Crippen molar-refractivity contribution in [1.29, 1.82) is 0 Å². The van der Waals surface area contributed by atoms with Crippen LogP contribution < -0.4 is 16.0 Å². The molecule has 23 heavy (non-hydrogen) atoms. The molecule has 2 aromatic rings. The molecule has 0 spiro atoms. The predicted octanol–water partition coefficient (Wildman–Crippen LogP) is 1.90. The summed E-state index contributed by atoms with van der Waals surface area (Å²) in [7, 11) is 0. The standard InChI is InChI=1S/C17H19N3O3/c21-16(14-3-1-9-18-14)19-11-12-5-7-13(8-6-12)20-17(22)15-4-2-10-23-15/h2,4-8,10,14,18H,1,3,9,11H2,(H,19,21)(H,20,22)/t14-/m0/s1. The average Bonchev–Trinajstić information content (AvgIpc) is 3.27.